The summed E-state index contributed by atoms with van der Waals surface area (Å²) in [6.45, 7) is 9.58. The highest BCUT2D eigenvalue weighted by molar-refractivity contribution is 5.84. The lowest BCUT2D eigenvalue weighted by molar-refractivity contribution is -0.0432. The number of likely N-dealkylation sites (tertiary alicyclic amines) is 2. The Kier molecular flexibility index (Phi) is 5.10. The molecule has 2 saturated heterocycles. The number of hydrogen-bond acceptors (Lipinski definition) is 4. The summed E-state index contributed by atoms with van der Waals surface area (Å²) >= 11 is 0. The summed E-state index contributed by atoms with van der Waals surface area (Å²) in [5.74, 6) is 0. The quantitative estimate of drug-likeness (QED) is 0.870. The van der Waals surface area contributed by atoms with Gasteiger partial charge in [0.25, 0.3) is 0 Å². The summed E-state index contributed by atoms with van der Waals surface area (Å²) < 4.78 is 0. The second-order valence-corrected chi connectivity index (χ2v) is 8.59. The van der Waals surface area contributed by atoms with Gasteiger partial charge in [0.1, 0.15) is 0 Å². The molecule has 1 aromatic heterocycles. The number of β-amino-alcohol motifs (C(OH)–C–C–N with tert-alkyl or cyclic N) is 1. The van der Waals surface area contributed by atoms with Gasteiger partial charge in [0, 0.05) is 43.3 Å². The number of rotatable bonds is 4. The van der Waals surface area contributed by atoms with Crippen molar-refractivity contribution < 1.29 is 5.11 Å². The molecule has 2 aliphatic rings. The van der Waals surface area contributed by atoms with E-state index in [-0.39, 0.29) is 5.43 Å². The number of aromatic nitrogens is 1. The van der Waals surface area contributed by atoms with E-state index >= 15 is 0 Å². The van der Waals surface area contributed by atoms with Crippen molar-refractivity contribution in [3.63, 3.8) is 0 Å². The maximum absolute atomic E-state index is 12.6. The molecule has 146 valence electrons. The third-order valence-corrected chi connectivity index (χ3v) is 6.36. The van der Waals surface area contributed by atoms with Gasteiger partial charge in [-0.1, -0.05) is 12.1 Å². The molecule has 3 heterocycles. The third-order valence-electron chi connectivity index (χ3n) is 6.36. The molecule has 27 heavy (non-hydrogen) atoms. The van der Waals surface area contributed by atoms with E-state index in [9.17, 15) is 9.90 Å². The minimum atomic E-state index is -0.550. The van der Waals surface area contributed by atoms with Crippen molar-refractivity contribution in [2.45, 2.75) is 51.7 Å². The van der Waals surface area contributed by atoms with Crippen LogP contribution in [0.15, 0.2) is 23.0 Å². The Balaban J connectivity index is 1.44. The van der Waals surface area contributed by atoms with Crippen LogP contribution < -0.4 is 5.43 Å². The molecular weight excluding hydrogens is 338 g/mol. The smallest absolute Gasteiger partial charge is 0.189 e. The fraction of sp³-hybridized carbons (Fsp3) is 0.591. The second kappa shape index (κ2) is 7.38. The Labute approximate surface area is 161 Å². The predicted molar refractivity (Wildman–Crippen MR) is 109 cm³/mol. The van der Waals surface area contributed by atoms with E-state index in [0.29, 0.717) is 0 Å². The number of nitrogens with zero attached hydrogens (tertiary/aromatic N) is 2. The third kappa shape index (κ3) is 3.96. The SMILES string of the molecule is Cc1ccc(C)c2c(=O)cc(CN3CCC(O)(CN4CCCC4)CC3)[nH]c12. The molecule has 0 atom stereocenters. The van der Waals surface area contributed by atoms with Crippen molar-refractivity contribution in [3.05, 3.63) is 45.2 Å². The Bertz CT molecular complexity index is 875. The molecule has 2 aromatic rings. The topological polar surface area (TPSA) is 59.6 Å². The number of H-pyrrole nitrogens is 1. The zero-order valence-corrected chi connectivity index (χ0v) is 16.6. The number of aliphatic hydroxyl groups is 1. The van der Waals surface area contributed by atoms with E-state index in [2.05, 4.69) is 20.9 Å². The Hall–Kier alpha value is -1.69. The number of benzene rings is 1. The molecule has 0 aliphatic carbocycles. The maximum atomic E-state index is 12.6. The molecule has 0 amide bonds. The molecule has 2 N–H and O–H groups in total. The number of hydrogen-bond donors (Lipinski definition) is 2. The fourth-order valence-electron chi connectivity index (χ4n) is 4.69. The summed E-state index contributed by atoms with van der Waals surface area (Å²) in [5, 5.41) is 11.7. The van der Waals surface area contributed by atoms with Crippen LogP contribution in [0.2, 0.25) is 0 Å². The van der Waals surface area contributed by atoms with Crippen LogP contribution in [0, 0.1) is 13.8 Å². The van der Waals surface area contributed by atoms with Crippen molar-refractivity contribution in [1.82, 2.24) is 14.8 Å². The second-order valence-electron chi connectivity index (χ2n) is 8.59. The fourth-order valence-corrected chi connectivity index (χ4v) is 4.69. The Morgan fingerprint density at radius 2 is 1.70 bits per heavy atom. The van der Waals surface area contributed by atoms with Gasteiger partial charge in [0.15, 0.2) is 5.43 Å². The molecule has 0 radical (unpaired) electrons. The van der Waals surface area contributed by atoms with Gasteiger partial charge in [-0.15, -0.1) is 0 Å². The average molecular weight is 370 g/mol. The highest BCUT2D eigenvalue weighted by Gasteiger charge is 2.34. The molecule has 2 fully saturated rings. The van der Waals surface area contributed by atoms with Gasteiger partial charge in [0.2, 0.25) is 0 Å². The van der Waals surface area contributed by atoms with Crippen LogP contribution >= 0.6 is 0 Å². The Morgan fingerprint density at radius 1 is 1.04 bits per heavy atom. The first-order valence-electron chi connectivity index (χ1n) is 10.2. The highest BCUT2D eigenvalue weighted by atomic mass is 16.3. The summed E-state index contributed by atoms with van der Waals surface area (Å²) in [5.41, 5.74) is 3.60. The first-order valence-corrected chi connectivity index (χ1v) is 10.2. The van der Waals surface area contributed by atoms with Crippen molar-refractivity contribution in [2.24, 2.45) is 0 Å². The number of aromatic amines is 1. The van der Waals surface area contributed by atoms with Crippen LogP contribution in [0.4, 0.5) is 0 Å². The van der Waals surface area contributed by atoms with Crippen LogP contribution in [-0.2, 0) is 6.54 Å². The summed E-state index contributed by atoms with van der Waals surface area (Å²) in [4.78, 5) is 20.9. The monoisotopic (exact) mass is 369 g/mol. The minimum Gasteiger partial charge on any atom is -0.388 e. The van der Waals surface area contributed by atoms with Crippen LogP contribution in [0.5, 0.6) is 0 Å². The van der Waals surface area contributed by atoms with Gasteiger partial charge < -0.3 is 15.0 Å². The lowest BCUT2D eigenvalue weighted by Gasteiger charge is -2.40. The van der Waals surface area contributed by atoms with Crippen LogP contribution in [0.3, 0.4) is 0 Å². The minimum absolute atomic E-state index is 0.0995. The van der Waals surface area contributed by atoms with E-state index < -0.39 is 5.60 Å². The van der Waals surface area contributed by atoms with Gasteiger partial charge in [-0.3, -0.25) is 9.69 Å². The zero-order valence-electron chi connectivity index (χ0n) is 16.6. The first-order chi connectivity index (χ1) is 12.9. The molecule has 4 rings (SSSR count). The molecule has 5 nitrogen and oxygen atoms in total. The van der Waals surface area contributed by atoms with Crippen LogP contribution in [0.1, 0.15) is 42.5 Å². The first kappa shape index (κ1) is 18.7. The van der Waals surface area contributed by atoms with Crippen LogP contribution in [0.25, 0.3) is 10.9 Å². The summed E-state index contributed by atoms with van der Waals surface area (Å²) in [7, 11) is 0. The number of nitrogens with one attached hydrogen (secondary N) is 1. The zero-order chi connectivity index (χ0) is 19.0. The van der Waals surface area contributed by atoms with Crippen molar-refractivity contribution in [3.8, 4) is 0 Å². The Morgan fingerprint density at radius 3 is 2.41 bits per heavy atom. The standard InChI is InChI=1S/C22H31N3O2/c1-16-5-6-17(2)21-20(16)19(26)13-18(23-21)14-24-11-7-22(27,8-12-24)15-25-9-3-4-10-25/h5-6,13,27H,3-4,7-12,14-15H2,1-2H3,(H,23,26). The van der Waals surface area contributed by atoms with Gasteiger partial charge in [-0.05, 0) is 63.7 Å². The molecular formula is C22H31N3O2. The van der Waals surface area contributed by atoms with Gasteiger partial charge >= 0.3 is 0 Å². The van der Waals surface area contributed by atoms with E-state index in [1.807, 2.05) is 19.9 Å². The average Bonchev–Trinajstić information content (AvgIpc) is 3.13. The molecule has 0 unspecified atom stereocenters. The summed E-state index contributed by atoms with van der Waals surface area (Å²) in [6, 6.07) is 5.83. The number of fused-ring (bicyclic) bond motifs is 1. The normalized spacial score (nSPS) is 21.1. The lowest BCUT2D eigenvalue weighted by atomic mass is 9.90. The van der Waals surface area contributed by atoms with E-state index in [1.54, 1.807) is 6.07 Å². The largest absolute Gasteiger partial charge is 0.388 e. The van der Waals surface area contributed by atoms with E-state index in [0.717, 1.165) is 79.8 Å². The molecule has 5 heteroatoms. The number of aryl methyl sites for hydroxylation is 2. The van der Waals surface area contributed by atoms with Crippen molar-refractivity contribution >= 4 is 10.9 Å². The van der Waals surface area contributed by atoms with E-state index in [1.165, 1.54) is 12.8 Å². The number of piperidine rings is 1. The molecule has 0 saturated carbocycles. The molecule has 0 bridgehead atoms. The predicted octanol–water partition coefficient (Wildman–Crippen LogP) is 2.57. The van der Waals surface area contributed by atoms with Crippen molar-refractivity contribution in [2.75, 3.05) is 32.7 Å². The van der Waals surface area contributed by atoms with Gasteiger partial charge in [-0.2, -0.15) is 0 Å². The highest BCUT2D eigenvalue weighted by Crippen LogP contribution is 2.26. The maximum Gasteiger partial charge on any atom is 0.189 e. The molecule has 1 aromatic carbocycles. The van der Waals surface area contributed by atoms with Gasteiger partial charge in [0.05, 0.1) is 11.1 Å². The molecule has 0 spiro atoms. The lowest BCUT2D eigenvalue weighted by Crippen LogP contribution is -2.50. The number of pyridine rings is 1. The van der Waals surface area contributed by atoms with Crippen molar-refractivity contribution in [1.29, 1.82) is 0 Å². The van der Waals surface area contributed by atoms with Crippen LogP contribution in [-0.4, -0.2) is 58.2 Å². The summed E-state index contributed by atoms with van der Waals surface area (Å²) in [6.07, 6.45) is 4.13. The van der Waals surface area contributed by atoms with Gasteiger partial charge in [-0.25, -0.2) is 0 Å². The molecule has 2 aliphatic heterocycles. The van der Waals surface area contributed by atoms with E-state index in [4.69, 9.17) is 0 Å².